The highest BCUT2D eigenvalue weighted by molar-refractivity contribution is 7.09. The largest absolute Gasteiger partial charge is 0.305 e. The summed E-state index contributed by atoms with van der Waals surface area (Å²) in [5, 5.41) is 9.56. The van der Waals surface area contributed by atoms with Gasteiger partial charge in [-0.3, -0.25) is 0 Å². The Morgan fingerprint density at radius 3 is 3.13 bits per heavy atom. The van der Waals surface area contributed by atoms with Crippen LogP contribution in [0.2, 0.25) is 0 Å². The second-order valence-corrected chi connectivity index (χ2v) is 4.21. The van der Waals surface area contributed by atoms with E-state index in [2.05, 4.69) is 39.8 Å². The van der Waals surface area contributed by atoms with Crippen molar-refractivity contribution in [2.45, 2.75) is 26.6 Å². The lowest BCUT2D eigenvalue weighted by molar-refractivity contribution is 0.574. The molecule has 15 heavy (non-hydrogen) atoms. The number of thiophene rings is 1. The standard InChI is InChI=1S/C10H14N4S/c1-2-14-10(12-8-13-14)7-11-6-9-4-3-5-15-9/h3-5,8,11H,2,6-7H2,1H3. The molecule has 0 amide bonds. The second kappa shape index (κ2) is 5.04. The number of hydrogen-bond donors (Lipinski definition) is 1. The lowest BCUT2D eigenvalue weighted by Crippen LogP contribution is -2.16. The Morgan fingerprint density at radius 1 is 1.47 bits per heavy atom. The molecule has 0 unspecified atom stereocenters. The minimum atomic E-state index is 0.770. The van der Waals surface area contributed by atoms with E-state index < -0.39 is 0 Å². The molecule has 0 fully saturated rings. The van der Waals surface area contributed by atoms with E-state index in [4.69, 9.17) is 0 Å². The van der Waals surface area contributed by atoms with Crippen molar-refractivity contribution in [3.05, 3.63) is 34.5 Å². The van der Waals surface area contributed by atoms with E-state index in [0.29, 0.717) is 0 Å². The zero-order valence-corrected chi connectivity index (χ0v) is 9.50. The Bertz CT molecular complexity index is 393. The summed E-state index contributed by atoms with van der Waals surface area (Å²) in [5.74, 6) is 0.994. The normalized spacial score (nSPS) is 10.7. The Kier molecular flexibility index (Phi) is 3.47. The van der Waals surface area contributed by atoms with E-state index in [1.54, 1.807) is 17.7 Å². The van der Waals surface area contributed by atoms with Crippen LogP contribution < -0.4 is 5.32 Å². The highest BCUT2D eigenvalue weighted by Gasteiger charge is 2.01. The van der Waals surface area contributed by atoms with E-state index >= 15 is 0 Å². The monoisotopic (exact) mass is 222 g/mol. The van der Waals surface area contributed by atoms with Gasteiger partial charge in [0.05, 0.1) is 6.54 Å². The van der Waals surface area contributed by atoms with Gasteiger partial charge in [0, 0.05) is 18.0 Å². The van der Waals surface area contributed by atoms with Gasteiger partial charge in [-0.25, -0.2) is 9.67 Å². The average molecular weight is 222 g/mol. The van der Waals surface area contributed by atoms with Gasteiger partial charge in [0.25, 0.3) is 0 Å². The Morgan fingerprint density at radius 2 is 2.40 bits per heavy atom. The fourth-order valence-corrected chi connectivity index (χ4v) is 2.07. The molecule has 0 aliphatic rings. The highest BCUT2D eigenvalue weighted by atomic mass is 32.1. The van der Waals surface area contributed by atoms with Gasteiger partial charge >= 0.3 is 0 Å². The summed E-state index contributed by atoms with van der Waals surface area (Å²) in [7, 11) is 0. The maximum Gasteiger partial charge on any atom is 0.140 e. The van der Waals surface area contributed by atoms with E-state index in [9.17, 15) is 0 Å². The molecular weight excluding hydrogens is 208 g/mol. The lowest BCUT2D eigenvalue weighted by Gasteiger charge is -2.03. The minimum absolute atomic E-state index is 0.770. The van der Waals surface area contributed by atoms with Crippen LogP contribution in [0.1, 0.15) is 17.6 Å². The number of nitrogens with zero attached hydrogens (tertiary/aromatic N) is 3. The Labute approximate surface area is 93.0 Å². The molecule has 4 nitrogen and oxygen atoms in total. The third kappa shape index (κ3) is 2.64. The maximum atomic E-state index is 4.20. The molecule has 0 radical (unpaired) electrons. The molecule has 0 saturated carbocycles. The van der Waals surface area contributed by atoms with Crippen molar-refractivity contribution in [1.82, 2.24) is 20.1 Å². The summed E-state index contributed by atoms with van der Waals surface area (Å²) in [6.45, 7) is 4.60. The second-order valence-electron chi connectivity index (χ2n) is 3.17. The van der Waals surface area contributed by atoms with Gasteiger partial charge in [-0.05, 0) is 18.4 Å². The molecule has 2 rings (SSSR count). The molecule has 0 saturated heterocycles. The van der Waals surface area contributed by atoms with Gasteiger partial charge in [0.15, 0.2) is 0 Å². The van der Waals surface area contributed by atoms with Gasteiger partial charge in [-0.2, -0.15) is 5.10 Å². The van der Waals surface area contributed by atoms with Crippen LogP contribution in [-0.2, 0) is 19.6 Å². The first-order valence-electron chi connectivity index (χ1n) is 5.00. The molecule has 80 valence electrons. The number of hydrogen-bond acceptors (Lipinski definition) is 4. The summed E-state index contributed by atoms with van der Waals surface area (Å²) in [6.07, 6.45) is 1.60. The maximum absolute atomic E-state index is 4.20. The number of nitrogens with one attached hydrogen (secondary N) is 1. The molecule has 2 aromatic rings. The summed E-state index contributed by atoms with van der Waals surface area (Å²) < 4.78 is 1.90. The Hall–Kier alpha value is -1.20. The summed E-state index contributed by atoms with van der Waals surface area (Å²) in [5.41, 5.74) is 0. The molecule has 0 aliphatic heterocycles. The predicted molar refractivity (Wildman–Crippen MR) is 60.6 cm³/mol. The van der Waals surface area contributed by atoms with Crippen LogP contribution in [0.5, 0.6) is 0 Å². The fourth-order valence-electron chi connectivity index (χ4n) is 1.40. The van der Waals surface area contributed by atoms with Crippen LogP contribution in [-0.4, -0.2) is 14.8 Å². The van der Waals surface area contributed by atoms with E-state index in [1.807, 2.05) is 4.68 Å². The quantitative estimate of drug-likeness (QED) is 0.836. The van der Waals surface area contributed by atoms with Crippen molar-refractivity contribution < 1.29 is 0 Å². The van der Waals surface area contributed by atoms with Crippen LogP contribution in [0.15, 0.2) is 23.8 Å². The third-order valence-electron chi connectivity index (χ3n) is 2.16. The first-order chi connectivity index (χ1) is 7.40. The van der Waals surface area contributed by atoms with Crippen LogP contribution in [0.25, 0.3) is 0 Å². The van der Waals surface area contributed by atoms with Crippen molar-refractivity contribution >= 4 is 11.3 Å². The lowest BCUT2D eigenvalue weighted by atomic mass is 10.4. The van der Waals surface area contributed by atoms with Gasteiger partial charge in [0.1, 0.15) is 12.2 Å². The fraction of sp³-hybridized carbons (Fsp3) is 0.400. The predicted octanol–water partition coefficient (Wildman–Crippen LogP) is 1.65. The van der Waals surface area contributed by atoms with Crippen molar-refractivity contribution in [3.63, 3.8) is 0 Å². The third-order valence-corrected chi connectivity index (χ3v) is 3.03. The molecule has 1 N–H and O–H groups in total. The van der Waals surface area contributed by atoms with Gasteiger partial charge in [-0.1, -0.05) is 6.07 Å². The van der Waals surface area contributed by atoms with Gasteiger partial charge < -0.3 is 5.32 Å². The van der Waals surface area contributed by atoms with Crippen molar-refractivity contribution in [2.75, 3.05) is 0 Å². The zero-order valence-electron chi connectivity index (χ0n) is 8.68. The van der Waals surface area contributed by atoms with Crippen molar-refractivity contribution in [2.24, 2.45) is 0 Å². The molecule has 2 aromatic heterocycles. The van der Waals surface area contributed by atoms with Gasteiger partial charge in [0.2, 0.25) is 0 Å². The molecule has 0 aromatic carbocycles. The molecule has 2 heterocycles. The smallest absolute Gasteiger partial charge is 0.140 e. The molecular formula is C10H14N4S. The van der Waals surface area contributed by atoms with Crippen LogP contribution in [0.4, 0.5) is 0 Å². The van der Waals surface area contributed by atoms with Crippen molar-refractivity contribution in [1.29, 1.82) is 0 Å². The van der Waals surface area contributed by atoms with Gasteiger partial charge in [-0.15, -0.1) is 11.3 Å². The van der Waals surface area contributed by atoms with Crippen LogP contribution in [0, 0.1) is 0 Å². The Balaban J connectivity index is 1.83. The molecule has 5 heteroatoms. The molecule has 0 spiro atoms. The van der Waals surface area contributed by atoms with Crippen molar-refractivity contribution in [3.8, 4) is 0 Å². The van der Waals surface area contributed by atoms with E-state index in [0.717, 1.165) is 25.5 Å². The summed E-state index contributed by atoms with van der Waals surface area (Å²) in [4.78, 5) is 5.54. The summed E-state index contributed by atoms with van der Waals surface area (Å²) >= 11 is 1.76. The van der Waals surface area contributed by atoms with E-state index in [-0.39, 0.29) is 0 Å². The van der Waals surface area contributed by atoms with E-state index in [1.165, 1.54) is 4.88 Å². The number of aromatic nitrogens is 3. The first kappa shape index (κ1) is 10.3. The minimum Gasteiger partial charge on any atom is -0.305 e. The molecule has 0 bridgehead atoms. The first-order valence-corrected chi connectivity index (χ1v) is 5.88. The highest BCUT2D eigenvalue weighted by Crippen LogP contribution is 2.07. The zero-order chi connectivity index (χ0) is 10.5. The molecule has 0 atom stereocenters. The SMILES string of the molecule is CCn1ncnc1CNCc1cccs1. The number of rotatable bonds is 5. The topological polar surface area (TPSA) is 42.7 Å². The average Bonchev–Trinajstić information content (AvgIpc) is 2.88. The van der Waals surface area contributed by atoms with Crippen LogP contribution in [0.3, 0.4) is 0 Å². The molecule has 0 aliphatic carbocycles. The number of aryl methyl sites for hydroxylation is 1. The van der Waals surface area contributed by atoms with Crippen LogP contribution >= 0.6 is 11.3 Å². The summed E-state index contributed by atoms with van der Waals surface area (Å²) in [6, 6.07) is 4.19.